The number of hydrogen-bond donors (Lipinski definition) is 1. The summed E-state index contributed by atoms with van der Waals surface area (Å²) in [7, 11) is 2.08. The molecule has 1 unspecified atom stereocenters. The minimum absolute atomic E-state index is 0.161. The van der Waals surface area contributed by atoms with Gasteiger partial charge < -0.3 is 14.6 Å². The van der Waals surface area contributed by atoms with E-state index in [-0.39, 0.29) is 12.0 Å². The second-order valence-electron chi connectivity index (χ2n) is 7.07. The standard InChI is InChI=1S/C21H24N2O2/c1-22-19-7-3-2-6-17(19)18-13-15(8-9-20(18)22)14-21(25)23-11-4-5-16(24)10-12-23/h2-3,6-9,13,16,24H,4-5,10-12,14H2,1H3. The van der Waals surface area contributed by atoms with Crippen molar-refractivity contribution in [2.45, 2.75) is 31.8 Å². The molecule has 1 atom stereocenters. The molecular weight excluding hydrogens is 312 g/mol. The predicted molar refractivity (Wildman–Crippen MR) is 101 cm³/mol. The number of amides is 1. The van der Waals surface area contributed by atoms with Gasteiger partial charge in [-0.2, -0.15) is 0 Å². The summed E-state index contributed by atoms with van der Waals surface area (Å²) < 4.78 is 2.20. The molecule has 0 spiro atoms. The molecule has 4 nitrogen and oxygen atoms in total. The number of fused-ring (bicyclic) bond motifs is 3. The van der Waals surface area contributed by atoms with Crippen LogP contribution < -0.4 is 0 Å². The molecule has 0 saturated carbocycles. The van der Waals surface area contributed by atoms with Crippen LogP contribution in [0.4, 0.5) is 0 Å². The quantitative estimate of drug-likeness (QED) is 0.781. The van der Waals surface area contributed by atoms with Crippen LogP contribution in [0.1, 0.15) is 24.8 Å². The Morgan fingerprint density at radius 2 is 1.88 bits per heavy atom. The lowest BCUT2D eigenvalue weighted by Crippen LogP contribution is -2.33. The van der Waals surface area contributed by atoms with Gasteiger partial charge in [0.05, 0.1) is 12.5 Å². The van der Waals surface area contributed by atoms with Crippen LogP contribution in [0.2, 0.25) is 0 Å². The van der Waals surface area contributed by atoms with Crippen molar-refractivity contribution in [3.8, 4) is 0 Å². The molecule has 0 bridgehead atoms. The van der Waals surface area contributed by atoms with Gasteiger partial charge in [0.2, 0.25) is 5.91 Å². The number of benzene rings is 2. The van der Waals surface area contributed by atoms with Gasteiger partial charge in [-0.3, -0.25) is 4.79 Å². The highest BCUT2D eigenvalue weighted by Crippen LogP contribution is 2.29. The highest BCUT2D eigenvalue weighted by molar-refractivity contribution is 6.08. The Kier molecular flexibility index (Phi) is 4.22. The van der Waals surface area contributed by atoms with Crippen LogP contribution in [0.25, 0.3) is 21.8 Å². The molecule has 4 heteroatoms. The van der Waals surface area contributed by atoms with Gasteiger partial charge in [0, 0.05) is 41.9 Å². The van der Waals surface area contributed by atoms with E-state index in [4.69, 9.17) is 0 Å². The predicted octanol–water partition coefficient (Wildman–Crippen LogP) is 3.25. The molecule has 1 fully saturated rings. The number of carbonyl (C=O) groups excluding carboxylic acids is 1. The normalized spacial score (nSPS) is 18.6. The summed E-state index contributed by atoms with van der Waals surface area (Å²) in [4.78, 5) is 14.6. The second-order valence-corrected chi connectivity index (χ2v) is 7.07. The molecule has 1 N–H and O–H groups in total. The molecule has 3 aromatic rings. The van der Waals surface area contributed by atoms with Gasteiger partial charge in [0.1, 0.15) is 0 Å². The lowest BCUT2D eigenvalue weighted by atomic mass is 10.1. The van der Waals surface area contributed by atoms with Crippen molar-refractivity contribution in [2.24, 2.45) is 7.05 Å². The van der Waals surface area contributed by atoms with Crippen LogP contribution in [-0.2, 0) is 18.3 Å². The molecule has 2 heterocycles. The van der Waals surface area contributed by atoms with E-state index in [1.54, 1.807) is 0 Å². The van der Waals surface area contributed by atoms with Crippen LogP contribution in [0.5, 0.6) is 0 Å². The van der Waals surface area contributed by atoms with E-state index < -0.39 is 0 Å². The molecule has 1 aromatic heterocycles. The number of likely N-dealkylation sites (tertiary alicyclic amines) is 1. The maximum Gasteiger partial charge on any atom is 0.226 e. The highest BCUT2D eigenvalue weighted by atomic mass is 16.3. The first-order valence-corrected chi connectivity index (χ1v) is 9.05. The van der Waals surface area contributed by atoms with Crippen molar-refractivity contribution in [1.82, 2.24) is 9.47 Å². The van der Waals surface area contributed by atoms with Gasteiger partial charge in [0.25, 0.3) is 0 Å². The first-order valence-electron chi connectivity index (χ1n) is 9.05. The topological polar surface area (TPSA) is 45.5 Å². The Balaban J connectivity index is 1.61. The van der Waals surface area contributed by atoms with Gasteiger partial charge in [-0.15, -0.1) is 0 Å². The van der Waals surface area contributed by atoms with E-state index in [9.17, 15) is 9.90 Å². The minimum atomic E-state index is -0.259. The summed E-state index contributed by atoms with van der Waals surface area (Å²) in [6.45, 7) is 1.42. The number of hydrogen-bond acceptors (Lipinski definition) is 2. The fourth-order valence-electron chi connectivity index (χ4n) is 3.94. The molecule has 1 saturated heterocycles. The van der Waals surface area contributed by atoms with Crippen molar-refractivity contribution >= 4 is 27.7 Å². The van der Waals surface area contributed by atoms with Crippen LogP contribution in [0.15, 0.2) is 42.5 Å². The number of para-hydroxylation sites is 1. The van der Waals surface area contributed by atoms with Gasteiger partial charge in [-0.05, 0) is 43.0 Å². The fraction of sp³-hybridized carbons (Fsp3) is 0.381. The fourth-order valence-corrected chi connectivity index (χ4v) is 3.94. The first-order chi connectivity index (χ1) is 12.1. The molecule has 0 aliphatic carbocycles. The summed E-state index contributed by atoms with van der Waals surface area (Å²) in [6.07, 6.45) is 2.54. The van der Waals surface area contributed by atoms with E-state index in [2.05, 4.69) is 54.1 Å². The summed E-state index contributed by atoms with van der Waals surface area (Å²) in [5.74, 6) is 0.161. The van der Waals surface area contributed by atoms with Crippen molar-refractivity contribution in [3.05, 3.63) is 48.0 Å². The van der Waals surface area contributed by atoms with Crippen LogP contribution >= 0.6 is 0 Å². The van der Waals surface area contributed by atoms with Gasteiger partial charge in [0.15, 0.2) is 0 Å². The zero-order valence-electron chi connectivity index (χ0n) is 14.6. The summed E-state index contributed by atoms with van der Waals surface area (Å²) in [6, 6.07) is 14.7. The molecule has 0 radical (unpaired) electrons. The Hall–Kier alpha value is -2.33. The minimum Gasteiger partial charge on any atom is -0.393 e. The lowest BCUT2D eigenvalue weighted by Gasteiger charge is -2.20. The Morgan fingerprint density at radius 3 is 2.76 bits per heavy atom. The molecule has 130 valence electrons. The van der Waals surface area contributed by atoms with Crippen LogP contribution in [-0.4, -0.2) is 39.7 Å². The Labute approximate surface area is 147 Å². The van der Waals surface area contributed by atoms with Crippen LogP contribution in [0, 0.1) is 0 Å². The number of aliphatic hydroxyl groups is 1. The SMILES string of the molecule is Cn1c2ccccc2c2cc(CC(=O)N3CCCC(O)CC3)ccc21. The molecule has 1 aliphatic rings. The van der Waals surface area contributed by atoms with Crippen molar-refractivity contribution < 1.29 is 9.90 Å². The maximum absolute atomic E-state index is 12.7. The third-order valence-corrected chi connectivity index (χ3v) is 5.38. The van der Waals surface area contributed by atoms with Crippen molar-refractivity contribution in [2.75, 3.05) is 13.1 Å². The van der Waals surface area contributed by atoms with E-state index in [1.165, 1.54) is 21.8 Å². The van der Waals surface area contributed by atoms with Crippen molar-refractivity contribution in [1.29, 1.82) is 0 Å². The smallest absolute Gasteiger partial charge is 0.226 e. The zero-order chi connectivity index (χ0) is 17.4. The summed E-state index contributed by atoms with van der Waals surface area (Å²) in [5.41, 5.74) is 3.46. The van der Waals surface area contributed by atoms with Gasteiger partial charge in [-0.1, -0.05) is 24.3 Å². The van der Waals surface area contributed by atoms with Gasteiger partial charge >= 0.3 is 0 Å². The monoisotopic (exact) mass is 336 g/mol. The van der Waals surface area contributed by atoms with Crippen molar-refractivity contribution in [3.63, 3.8) is 0 Å². The lowest BCUT2D eigenvalue weighted by molar-refractivity contribution is -0.130. The number of aromatic nitrogens is 1. The molecule has 4 rings (SSSR count). The number of carbonyl (C=O) groups is 1. The third-order valence-electron chi connectivity index (χ3n) is 5.38. The van der Waals surface area contributed by atoms with E-state index >= 15 is 0 Å². The average Bonchev–Trinajstić information content (AvgIpc) is 2.76. The number of nitrogens with zero attached hydrogens (tertiary/aromatic N) is 2. The van der Waals surface area contributed by atoms with E-state index in [0.717, 1.165) is 24.9 Å². The number of aryl methyl sites for hydroxylation is 1. The first kappa shape index (κ1) is 16.2. The highest BCUT2D eigenvalue weighted by Gasteiger charge is 2.19. The molecule has 1 aliphatic heterocycles. The number of rotatable bonds is 2. The third kappa shape index (κ3) is 3.02. The van der Waals surface area contributed by atoms with E-state index in [1.807, 2.05) is 4.90 Å². The van der Waals surface area contributed by atoms with Gasteiger partial charge in [-0.25, -0.2) is 0 Å². The molecule has 2 aromatic carbocycles. The summed E-state index contributed by atoms with van der Waals surface area (Å²) in [5, 5.41) is 12.2. The molecular formula is C21H24N2O2. The largest absolute Gasteiger partial charge is 0.393 e. The Bertz CT molecular complexity index is 928. The maximum atomic E-state index is 12.7. The molecule has 25 heavy (non-hydrogen) atoms. The average molecular weight is 336 g/mol. The molecule has 1 amide bonds. The summed E-state index contributed by atoms with van der Waals surface area (Å²) >= 11 is 0. The second kappa shape index (κ2) is 6.52. The zero-order valence-corrected chi connectivity index (χ0v) is 14.6. The van der Waals surface area contributed by atoms with Crippen LogP contribution in [0.3, 0.4) is 0 Å². The number of aliphatic hydroxyl groups excluding tert-OH is 1. The Morgan fingerprint density at radius 1 is 1.08 bits per heavy atom. The van der Waals surface area contributed by atoms with E-state index in [0.29, 0.717) is 19.4 Å².